The second kappa shape index (κ2) is 12.2. The predicted octanol–water partition coefficient (Wildman–Crippen LogP) is 6.81. The summed E-state index contributed by atoms with van der Waals surface area (Å²) < 4.78 is 18.4. The Hall–Kier alpha value is -2.80. The Labute approximate surface area is 214 Å². The summed E-state index contributed by atoms with van der Waals surface area (Å²) in [6.45, 7) is 14.3. The van der Waals surface area contributed by atoms with Crippen molar-refractivity contribution in [2.24, 2.45) is 18.0 Å². The number of carbonyl (C=O) groups excluding carboxylic acids is 1. The fraction of sp³-hybridized carbons (Fsp3) is 0.519. The number of aryl methyl sites for hydroxylation is 2. The van der Waals surface area contributed by atoms with E-state index in [0.29, 0.717) is 27.7 Å². The van der Waals surface area contributed by atoms with Gasteiger partial charge in [-0.2, -0.15) is 5.10 Å². The van der Waals surface area contributed by atoms with Gasteiger partial charge in [0.15, 0.2) is 5.76 Å². The minimum Gasteiger partial charge on any atom is -0.452 e. The predicted molar refractivity (Wildman–Crippen MR) is 142 cm³/mol. The van der Waals surface area contributed by atoms with Crippen LogP contribution in [0.25, 0.3) is 11.3 Å². The Balaban J connectivity index is 2.52. The van der Waals surface area contributed by atoms with Gasteiger partial charge in [-0.3, -0.25) is 9.67 Å². The van der Waals surface area contributed by atoms with Gasteiger partial charge in [0.1, 0.15) is 5.69 Å². The first-order chi connectivity index (χ1) is 16.4. The van der Waals surface area contributed by atoms with Gasteiger partial charge in [-0.15, -0.1) is 0 Å². The standard InChI is InChI=1S/C27H38ClN3O4/c1-10-17(2)16-33-26(32)35-19(4)34-25(24-23(28)18(3)30-31(24)9)22(15-29-8)20-11-13-21(14-12-20)27(5,6)7/h11-15,17,19H,10,16H2,1-9H3/b25-22-,29-15-. The molecule has 2 unspecified atom stereocenters. The first-order valence-electron chi connectivity index (χ1n) is 11.9. The maximum atomic E-state index is 12.2. The SMILES string of the molecule is CCC(C)COC(=O)OC(C)O/C(=C(/C=N\C)c1ccc(C(C)(C)C)cc1)c1c(Cl)c(C)nn1C. The lowest BCUT2D eigenvalue weighted by Crippen LogP contribution is -2.21. The van der Waals surface area contributed by atoms with Crippen LogP contribution in [0.4, 0.5) is 4.79 Å². The van der Waals surface area contributed by atoms with Crippen LogP contribution in [0.15, 0.2) is 29.3 Å². The molecule has 0 saturated heterocycles. The van der Waals surface area contributed by atoms with Crippen molar-refractivity contribution < 1.29 is 19.0 Å². The number of hydrogen-bond donors (Lipinski definition) is 0. The molecule has 192 valence electrons. The number of nitrogens with zero attached hydrogens (tertiary/aromatic N) is 3. The van der Waals surface area contributed by atoms with Gasteiger partial charge in [-0.1, -0.05) is 76.9 Å². The monoisotopic (exact) mass is 503 g/mol. The third kappa shape index (κ3) is 7.59. The fourth-order valence-corrected chi connectivity index (χ4v) is 3.60. The van der Waals surface area contributed by atoms with Crippen molar-refractivity contribution in [2.45, 2.75) is 66.6 Å². The maximum Gasteiger partial charge on any atom is 0.511 e. The van der Waals surface area contributed by atoms with E-state index in [1.807, 2.05) is 32.9 Å². The molecule has 0 radical (unpaired) electrons. The van der Waals surface area contributed by atoms with E-state index in [1.165, 1.54) is 5.56 Å². The Kier molecular flexibility index (Phi) is 9.95. The molecule has 1 heterocycles. The largest absolute Gasteiger partial charge is 0.511 e. The van der Waals surface area contributed by atoms with Gasteiger partial charge in [-0.25, -0.2) is 4.79 Å². The molecule has 2 rings (SSSR count). The molecule has 0 fully saturated rings. The second-order valence-corrected chi connectivity index (χ2v) is 10.1. The lowest BCUT2D eigenvalue weighted by Gasteiger charge is -2.22. The van der Waals surface area contributed by atoms with Crippen LogP contribution in [0.3, 0.4) is 0 Å². The van der Waals surface area contributed by atoms with E-state index in [9.17, 15) is 4.79 Å². The van der Waals surface area contributed by atoms with Crippen molar-refractivity contribution in [1.82, 2.24) is 9.78 Å². The summed E-state index contributed by atoms with van der Waals surface area (Å²) >= 11 is 6.64. The Morgan fingerprint density at radius 3 is 2.31 bits per heavy atom. The average Bonchev–Trinajstić information content (AvgIpc) is 3.05. The summed E-state index contributed by atoms with van der Waals surface area (Å²) in [5.41, 5.74) is 3.99. The topological polar surface area (TPSA) is 74.9 Å². The van der Waals surface area contributed by atoms with Gasteiger partial charge in [-0.05, 0) is 29.4 Å². The zero-order valence-corrected chi connectivity index (χ0v) is 23.1. The molecule has 7 nitrogen and oxygen atoms in total. The Bertz CT molecular complexity index is 1070. The number of ether oxygens (including phenoxy) is 3. The molecule has 0 aliphatic rings. The van der Waals surface area contributed by atoms with E-state index >= 15 is 0 Å². The van der Waals surface area contributed by atoms with Gasteiger partial charge >= 0.3 is 6.16 Å². The van der Waals surface area contributed by atoms with E-state index in [-0.39, 0.29) is 17.9 Å². The van der Waals surface area contributed by atoms with Gasteiger partial charge in [0.2, 0.25) is 6.29 Å². The van der Waals surface area contributed by atoms with E-state index in [4.69, 9.17) is 25.8 Å². The second-order valence-electron chi connectivity index (χ2n) is 9.71. The Morgan fingerprint density at radius 1 is 1.20 bits per heavy atom. The summed E-state index contributed by atoms with van der Waals surface area (Å²) in [6, 6.07) is 8.20. The summed E-state index contributed by atoms with van der Waals surface area (Å²) in [7, 11) is 3.47. The molecular formula is C27H38ClN3O4. The molecule has 0 aliphatic heterocycles. The van der Waals surface area contributed by atoms with Crippen molar-refractivity contribution in [1.29, 1.82) is 0 Å². The van der Waals surface area contributed by atoms with Gasteiger partial charge < -0.3 is 14.2 Å². The van der Waals surface area contributed by atoms with Crippen LogP contribution in [0.2, 0.25) is 5.02 Å². The third-order valence-electron chi connectivity index (χ3n) is 5.66. The molecule has 2 atom stereocenters. The molecule has 0 bridgehead atoms. The summed E-state index contributed by atoms with van der Waals surface area (Å²) in [5, 5.41) is 4.88. The molecule has 0 amide bonds. The van der Waals surface area contributed by atoms with E-state index in [0.717, 1.165) is 12.0 Å². The zero-order valence-electron chi connectivity index (χ0n) is 22.3. The number of aromatic nitrogens is 2. The van der Waals surface area contributed by atoms with E-state index < -0.39 is 12.4 Å². The number of hydrogen-bond acceptors (Lipinski definition) is 6. The highest BCUT2D eigenvalue weighted by Gasteiger charge is 2.25. The van der Waals surface area contributed by atoms with Crippen molar-refractivity contribution in [2.75, 3.05) is 13.7 Å². The normalized spacial score (nSPS) is 14.5. The number of halogens is 1. The summed E-state index contributed by atoms with van der Waals surface area (Å²) in [4.78, 5) is 16.5. The third-order valence-corrected chi connectivity index (χ3v) is 6.11. The van der Waals surface area contributed by atoms with Crippen molar-refractivity contribution in [3.05, 3.63) is 51.8 Å². The minimum absolute atomic E-state index is 0.0149. The average molecular weight is 504 g/mol. The maximum absolute atomic E-state index is 12.2. The summed E-state index contributed by atoms with van der Waals surface area (Å²) in [6.07, 6.45) is 0.867. The summed E-state index contributed by atoms with van der Waals surface area (Å²) in [5.74, 6) is 0.642. The van der Waals surface area contributed by atoms with Crippen LogP contribution >= 0.6 is 11.6 Å². The van der Waals surface area contributed by atoms with Crippen molar-refractivity contribution in [3.63, 3.8) is 0 Å². The number of rotatable bonds is 9. The molecule has 0 N–H and O–H groups in total. The van der Waals surface area contributed by atoms with Crippen LogP contribution in [-0.4, -0.2) is 42.1 Å². The molecule has 0 aliphatic carbocycles. The van der Waals surface area contributed by atoms with Crippen LogP contribution in [0, 0.1) is 12.8 Å². The van der Waals surface area contributed by atoms with Crippen LogP contribution in [-0.2, 0) is 26.7 Å². The highest BCUT2D eigenvalue weighted by molar-refractivity contribution is 6.33. The molecule has 1 aromatic heterocycles. The van der Waals surface area contributed by atoms with E-state index in [2.05, 4.69) is 43.0 Å². The van der Waals surface area contributed by atoms with Crippen LogP contribution in [0.1, 0.15) is 70.5 Å². The molecule has 2 aromatic rings. The highest BCUT2D eigenvalue weighted by atomic mass is 35.5. The molecule has 1 aromatic carbocycles. The number of carbonyl (C=O) groups is 1. The first kappa shape index (κ1) is 28.4. The van der Waals surface area contributed by atoms with Crippen LogP contribution in [0.5, 0.6) is 0 Å². The van der Waals surface area contributed by atoms with Gasteiger partial charge in [0, 0.05) is 32.8 Å². The number of allylic oxidation sites excluding steroid dienone is 1. The minimum atomic E-state index is -0.949. The highest BCUT2D eigenvalue weighted by Crippen LogP contribution is 2.34. The first-order valence-corrected chi connectivity index (χ1v) is 12.2. The lowest BCUT2D eigenvalue weighted by atomic mass is 9.86. The zero-order chi connectivity index (χ0) is 26.3. The van der Waals surface area contributed by atoms with Crippen LogP contribution < -0.4 is 0 Å². The number of aliphatic imine (C=N–C) groups is 1. The van der Waals surface area contributed by atoms with Gasteiger partial charge in [0.05, 0.1) is 17.3 Å². The van der Waals surface area contributed by atoms with Gasteiger partial charge in [0.25, 0.3) is 0 Å². The smallest absolute Gasteiger partial charge is 0.452 e. The fourth-order valence-electron chi connectivity index (χ4n) is 3.36. The van der Waals surface area contributed by atoms with Crippen molar-refractivity contribution >= 4 is 35.3 Å². The van der Waals surface area contributed by atoms with E-state index in [1.54, 1.807) is 31.9 Å². The van der Waals surface area contributed by atoms with Crippen molar-refractivity contribution in [3.8, 4) is 0 Å². The quantitative estimate of drug-likeness (QED) is 0.162. The molecule has 8 heteroatoms. The Morgan fingerprint density at radius 2 is 1.83 bits per heavy atom. The molecule has 35 heavy (non-hydrogen) atoms. The lowest BCUT2D eigenvalue weighted by molar-refractivity contribution is -0.0694. The number of benzene rings is 1. The molecular weight excluding hydrogens is 466 g/mol. The molecule has 0 saturated carbocycles. The molecule has 0 spiro atoms.